The van der Waals surface area contributed by atoms with Crippen molar-refractivity contribution in [1.29, 1.82) is 5.26 Å². The van der Waals surface area contributed by atoms with E-state index in [4.69, 9.17) is 11.0 Å². The highest BCUT2D eigenvalue weighted by Crippen LogP contribution is 2.20. The second-order valence-electron chi connectivity index (χ2n) is 4.06. The third kappa shape index (κ3) is 3.07. The van der Waals surface area contributed by atoms with E-state index >= 15 is 0 Å². The van der Waals surface area contributed by atoms with Gasteiger partial charge >= 0.3 is 0 Å². The van der Waals surface area contributed by atoms with Crippen molar-refractivity contribution in [1.82, 2.24) is 4.31 Å². The Balaban J connectivity index is 3.09. The fraction of sp³-hybridized carbons (Fsp3) is 0.417. The predicted molar refractivity (Wildman–Crippen MR) is 69.4 cm³/mol. The zero-order valence-corrected chi connectivity index (χ0v) is 11.4. The van der Waals surface area contributed by atoms with Crippen molar-refractivity contribution in [2.45, 2.75) is 18.2 Å². The molecule has 18 heavy (non-hydrogen) atoms. The summed E-state index contributed by atoms with van der Waals surface area (Å²) < 4.78 is 25.8. The van der Waals surface area contributed by atoms with Gasteiger partial charge in [0.15, 0.2) is 0 Å². The van der Waals surface area contributed by atoms with Gasteiger partial charge in [-0.1, -0.05) is 0 Å². The zero-order chi connectivity index (χ0) is 13.8. The number of benzene rings is 1. The Morgan fingerprint density at radius 3 is 2.61 bits per heavy atom. The topological polar surface area (TPSA) is 87.2 Å². The molecule has 2 N–H and O–H groups in total. The molecule has 0 bridgehead atoms. The maximum absolute atomic E-state index is 12.3. The van der Waals surface area contributed by atoms with E-state index < -0.39 is 10.0 Å². The predicted octanol–water partition coefficient (Wildman–Crippen LogP) is 0.836. The van der Waals surface area contributed by atoms with E-state index in [-0.39, 0.29) is 4.90 Å². The van der Waals surface area contributed by atoms with Gasteiger partial charge in [-0.3, -0.25) is 0 Å². The Morgan fingerprint density at radius 2 is 2.11 bits per heavy atom. The van der Waals surface area contributed by atoms with Crippen LogP contribution in [-0.2, 0) is 10.0 Å². The highest BCUT2D eigenvalue weighted by Gasteiger charge is 2.22. The Kier molecular flexibility index (Phi) is 4.84. The maximum Gasteiger partial charge on any atom is 0.243 e. The molecule has 0 fully saturated rings. The summed E-state index contributed by atoms with van der Waals surface area (Å²) in [5, 5.41) is 8.76. The van der Waals surface area contributed by atoms with Gasteiger partial charge in [0.2, 0.25) is 10.0 Å². The molecule has 0 aromatic heterocycles. The van der Waals surface area contributed by atoms with E-state index in [0.29, 0.717) is 30.6 Å². The van der Waals surface area contributed by atoms with Crippen molar-refractivity contribution in [2.75, 3.05) is 20.1 Å². The first kappa shape index (κ1) is 14.6. The molecule has 0 amide bonds. The monoisotopic (exact) mass is 267 g/mol. The zero-order valence-electron chi connectivity index (χ0n) is 10.5. The van der Waals surface area contributed by atoms with E-state index in [9.17, 15) is 8.42 Å². The lowest BCUT2D eigenvalue weighted by molar-refractivity contribution is 0.463. The molecule has 0 spiro atoms. The summed E-state index contributed by atoms with van der Waals surface area (Å²) in [5.41, 5.74) is 6.40. The molecule has 0 aliphatic heterocycles. The van der Waals surface area contributed by atoms with Crippen LogP contribution in [0.2, 0.25) is 0 Å². The SMILES string of the molecule is Cc1cc(C#N)ccc1S(=O)(=O)N(C)CCCN. The molecule has 98 valence electrons. The van der Waals surface area contributed by atoms with E-state index in [1.807, 2.05) is 6.07 Å². The molecule has 0 aliphatic rings. The van der Waals surface area contributed by atoms with Crippen molar-refractivity contribution < 1.29 is 8.42 Å². The lowest BCUT2D eigenvalue weighted by Crippen LogP contribution is -2.29. The van der Waals surface area contributed by atoms with Gasteiger partial charge in [-0.2, -0.15) is 5.26 Å². The minimum absolute atomic E-state index is 0.237. The molecule has 0 atom stereocenters. The number of hydrogen-bond acceptors (Lipinski definition) is 4. The Bertz CT molecular complexity index is 561. The van der Waals surface area contributed by atoms with Crippen LogP contribution in [0.1, 0.15) is 17.5 Å². The molecule has 1 aromatic rings. The van der Waals surface area contributed by atoms with Gasteiger partial charge in [0, 0.05) is 13.6 Å². The maximum atomic E-state index is 12.3. The van der Waals surface area contributed by atoms with Crippen LogP contribution in [0.4, 0.5) is 0 Å². The molecule has 0 aliphatic carbocycles. The Labute approximate surface area is 108 Å². The highest BCUT2D eigenvalue weighted by molar-refractivity contribution is 7.89. The summed E-state index contributed by atoms with van der Waals surface area (Å²) in [6.07, 6.45) is 0.616. The summed E-state index contributed by atoms with van der Waals surface area (Å²) in [5.74, 6) is 0. The van der Waals surface area contributed by atoms with Crippen LogP contribution in [0.15, 0.2) is 23.1 Å². The number of hydrogen-bond donors (Lipinski definition) is 1. The van der Waals surface area contributed by atoms with Crippen molar-refractivity contribution in [3.63, 3.8) is 0 Å². The average molecular weight is 267 g/mol. The van der Waals surface area contributed by atoms with Gasteiger partial charge in [-0.15, -0.1) is 0 Å². The Hall–Kier alpha value is -1.42. The Morgan fingerprint density at radius 1 is 1.44 bits per heavy atom. The van der Waals surface area contributed by atoms with Gasteiger partial charge in [-0.05, 0) is 43.7 Å². The molecule has 0 heterocycles. The number of sulfonamides is 1. The largest absolute Gasteiger partial charge is 0.330 e. The summed E-state index contributed by atoms with van der Waals surface area (Å²) in [7, 11) is -1.97. The number of aryl methyl sites for hydroxylation is 1. The molecular formula is C12H17N3O2S. The molecule has 6 heteroatoms. The van der Waals surface area contributed by atoms with Gasteiger partial charge in [0.05, 0.1) is 16.5 Å². The fourth-order valence-electron chi connectivity index (χ4n) is 1.61. The van der Waals surface area contributed by atoms with Crippen molar-refractivity contribution in [2.24, 2.45) is 5.73 Å². The number of rotatable bonds is 5. The second kappa shape index (κ2) is 5.96. The molecule has 0 saturated carbocycles. The molecule has 0 radical (unpaired) electrons. The molecule has 1 aromatic carbocycles. The first-order chi connectivity index (χ1) is 8.43. The van der Waals surface area contributed by atoms with Gasteiger partial charge < -0.3 is 5.73 Å². The molecule has 5 nitrogen and oxygen atoms in total. The second-order valence-corrected chi connectivity index (χ2v) is 6.07. The summed E-state index contributed by atoms with van der Waals surface area (Å²) in [4.78, 5) is 0.237. The average Bonchev–Trinajstić information content (AvgIpc) is 2.35. The summed E-state index contributed by atoms with van der Waals surface area (Å²) in [6.45, 7) is 2.52. The minimum atomic E-state index is -3.50. The first-order valence-corrected chi connectivity index (χ1v) is 7.04. The smallest absolute Gasteiger partial charge is 0.243 e. The minimum Gasteiger partial charge on any atom is -0.330 e. The van der Waals surface area contributed by atoms with Crippen LogP contribution in [0.3, 0.4) is 0 Å². The van der Waals surface area contributed by atoms with Crippen molar-refractivity contribution in [3.05, 3.63) is 29.3 Å². The number of nitriles is 1. The van der Waals surface area contributed by atoms with Gasteiger partial charge in [-0.25, -0.2) is 12.7 Å². The normalized spacial score (nSPS) is 11.5. The van der Waals surface area contributed by atoms with Crippen LogP contribution in [0, 0.1) is 18.3 Å². The van der Waals surface area contributed by atoms with Crippen LogP contribution < -0.4 is 5.73 Å². The van der Waals surface area contributed by atoms with E-state index in [2.05, 4.69) is 0 Å². The summed E-state index contributed by atoms with van der Waals surface area (Å²) in [6, 6.07) is 6.54. The third-order valence-corrected chi connectivity index (χ3v) is 4.69. The lowest BCUT2D eigenvalue weighted by Gasteiger charge is -2.18. The first-order valence-electron chi connectivity index (χ1n) is 5.60. The van der Waals surface area contributed by atoms with Crippen LogP contribution in [-0.4, -0.2) is 32.9 Å². The number of nitrogens with zero attached hydrogens (tertiary/aromatic N) is 2. The molecule has 0 saturated heterocycles. The van der Waals surface area contributed by atoms with Crippen molar-refractivity contribution >= 4 is 10.0 Å². The summed E-state index contributed by atoms with van der Waals surface area (Å²) >= 11 is 0. The quantitative estimate of drug-likeness (QED) is 0.856. The standard InChI is InChI=1S/C12H17N3O2S/c1-10-8-11(9-14)4-5-12(10)18(16,17)15(2)7-3-6-13/h4-5,8H,3,6-7,13H2,1-2H3. The highest BCUT2D eigenvalue weighted by atomic mass is 32.2. The third-order valence-electron chi connectivity index (χ3n) is 2.67. The lowest BCUT2D eigenvalue weighted by atomic mass is 10.2. The van der Waals surface area contributed by atoms with Crippen LogP contribution >= 0.6 is 0 Å². The van der Waals surface area contributed by atoms with Crippen LogP contribution in [0.5, 0.6) is 0 Å². The van der Waals surface area contributed by atoms with E-state index in [1.54, 1.807) is 13.0 Å². The van der Waals surface area contributed by atoms with E-state index in [1.165, 1.54) is 23.5 Å². The molecule has 0 unspecified atom stereocenters. The fourth-order valence-corrected chi connectivity index (χ4v) is 3.02. The molecule has 1 rings (SSSR count). The van der Waals surface area contributed by atoms with E-state index in [0.717, 1.165) is 0 Å². The number of nitrogens with two attached hydrogens (primary N) is 1. The molecular weight excluding hydrogens is 250 g/mol. The van der Waals surface area contributed by atoms with Crippen molar-refractivity contribution in [3.8, 4) is 6.07 Å². The van der Waals surface area contributed by atoms with Gasteiger partial charge in [0.1, 0.15) is 0 Å². The van der Waals surface area contributed by atoms with Crippen LogP contribution in [0.25, 0.3) is 0 Å². The van der Waals surface area contributed by atoms with Gasteiger partial charge in [0.25, 0.3) is 0 Å².